The highest BCUT2D eigenvalue weighted by Gasteiger charge is 2.43. The first-order chi connectivity index (χ1) is 11.1. The van der Waals surface area contributed by atoms with Gasteiger partial charge in [-0.15, -0.1) is 0 Å². The van der Waals surface area contributed by atoms with Gasteiger partial charge < -0.3 is 4.74 Å². The summed E-state index contributed by atoms with van der Waals surface area (Å²) in [4.78, 5) is 2.62. The molecule has 130 valence electrons. The van der Waals surface area contributed by atoms with Gasteiger partial charge in [0.1, 0.15) is 22.5 Å². The zero-order valence-electron chi connectivity index (χ0n) is 12.2. The second-order valence-corrected chi connectivity index (χ2v) is 6.42. The van der Waals surface area contributed by atoms with Crippen LogP contribution in [0.1, 0.15) is 11.6 Å². The molecule has 0 amide bonds. The van der Waals surface area contributed by atoms with Crippen LogP contribution in [0.2, 0.25) is 0 Å². The van der Waals surface area contributed by atoms with E-state index in [0.717, 1.165) is 24.5 Å². The second kappa shape index (κ2) is 6.73. The van der Waals surface area contributed by atoms with Gasteiger partial charge in [0.25, 0.3) is 0 Å². The van der Waals surface area contributed by atoms with Crippen LogP contribution in [0.3, 0.4) is 0 Å². The molecule has 0 aliphatic carbocycles. The number of sulfonamides is 1. The Bertz CT molecular complexity index is 808. The van der Waals surface area contributed by atoms with Gasteiger partial charge >= 0.3 is 6.18 Å². The molecule has 0 saturated heterocycles. The van der Waals surface area contributed by atoms with Gasteiger partial charge in [0.15, 0.2) is 0 Å². The van der Waals surface area contributed by atoms with Gasteiger partial charge in [-0.1, -0.05) is 12.1 Å². The van der Waals surface area contributed by atoms with Crippen LogP contribution in [-0.4, -0.2) is 26.7 Å². The summed E-state index contributed by atoms with van der Waals surface area (Å²) in [7, 11) is -3.29. The van der Waals surface area contributed by atoms with Crippen molar-refractivity contribution in [2.24, 2.45) is 0 Å². The summed E-state index contributed by atoms with van der Waals surface area (Å²) in [6, 6.07) is 2.79. The maximum atomic E-state index is 13.3. The normalized spacial score (nSPS) is 13.5. The zero-order chi connectivity index (χ0) is 18.0. The van der Waals surface area contributed by atoms with Crippen molar-refractivity contribution >= 4 is 10.0 Å². The Labute approximate surface area is 135 Å². The number of ether oxygens (including phenoxy) is 1. The van der Waals surface area contributed by atoms with Crippen LogP contribution in [-0.2, 0) is 10.0 Å². The molecule has 2 rings (SSSR count). The molecule has 0 fully saturated rings. The van der Waals surface area contributed by atoms with Gasteiger partial charge in [-0.3, -0.25) is 4.98 Å². The van der Waals surface area contributed by atoms with E-state index in [2.05, 4.69) is 4.98 Å². The average molecular weight is 364 g/mol. The van der Waals surface area contributed by atoms with Crippen molar-refractivity contribution in [3.05, 3.63) is 54.1 Å². The van der Waals surface area contributed by atoms with Crippen LogP contribution < -0.4 is 9.46 Å². The minimum atomic E-state index is -4.90. The summed E-state index contributed by atoms with van der Waals surface area (Å²) >= 11 is 0. The van der Waals surface area contributed by atoms with E-state index < -0.39 is 33.0 Å². The number of hydrogen-bond donors (Lipinski definition) is 1. The Kier molecular flexibility index (Phi) is 5.09. The molecule has 0 spiro atoms. The molecule has 1 heterocycles. The highest BCUT2D eigenvalue weighted by molar-refractivity contribution is 7.89. The molecule has 5 nitrogen and oxygen atoms in total. The Morgan fingerprint density at radius 2 is 1.79 bits per heavy atom. The van der Waals surface area contributed by atoms with Crippen LogP contribution in [0, 0.1) is 5.82 Å². The minimum Gasteiger partial charge on any atom is -0.497 e. The predicted octanol–water partition coefficient (Wildman–Crippen LogP) is 2.81. The Morgan fingerprint density at radius 3 is 2.29 bits per heavy atom. The van der Waals surface area contributed by atoms with Crippen LogP contribution in [0.15, 0.2) is 47.6 Å². The Hall–Kier alpha value is -2.20. The number of pyridine rings is 1. The topological polar surface area (TPSA) is 68.3 Å². The van der Waals surface area contributed by atoms with E-state index in [0.29, 0.717) is 11.8 Å². The molecule has 0 aliphatic rings. The molecule has 1 aromatic heterocycles. The molecule has 0 radical (unpaired) electrons. The van der Waals surface area contributed by atoms with Crippen LogP contribution >= 0.6 is 0 Å². The smallest absolute Gasteiger partial charge is 0.408 e. The van der Waals surface area contributed by atoms with Gasteiger partial charge in [-0.05, 0) is 23.8 Å². The van der Waals surface area contributed by atoms with Crippen molar-refractivity contribution in [2.45, 2.75) is 17.1 Å². The number of aromatic nitrogens is 1. The number of nitrogens with one attached hydrogen (secondary N) is 1. The van der Waals surface area contributed by atoms with Gasteiger partial charge in [-0.25, -0.2) is 12.8 Å². The number of rotatable bonds is 5. The van der Waals surface area contributed by atoms with E-state index in [-0.39, 0.29) is 5.56 Å². The first-order valence-electron chi connectivity index (χ1n) is 6.47. The fraction of sp³-hybridized carbons (Fsp3) is 0.214. The molecule has 0 saturated carbocycles. The third-order valence-electron chi connectivity index (χ3n) is 3.04. The number of benzene rings is 1. The molecule has 0 bridgehead atoms. The van der Waals surface area contributed by atoms with Crippen LogP contribution in [0.5, 0.6) is 5.75 Å². The molecule has 2 aromatic rings. The van der Waals surface area contributed by atoms with Crippen molar-refractivity contribution < 1.29 is 30.7 Å². The molecule has 1 N–H and O–H groups in total. The predicted molar refractivity (Wildman–Crippen MR) is 76.3 cm³/mol. The average Bonchev–Trinajstić information content (AvgIpc) is 2.52. The lowest BCUT2D eigenvalue weighted by molar-refractivity contribution is -0.153. The number of nitrogens with zero attached hydrogens (tertiary/aromatic N) is 1. The lowest BCUT2D eigenvalue weighted by Crippen LogP contribution is -2.38. The second-order valence-electron chi connectivity index (χ2n) is 4.71. The van der Waals surface area contributed by atoms with Gasteiger partial charge in [0.05, 0.1) is 13.3 Å². The van der Waals surface area contributed by atoms with Crippen molar-refractivity contribution in [1.29, 1.82) is 0 Å². The maximum absolute atomic E-state index is 13.3. The molecule has 0 unspecified atom stereocenters. The van der Waals surface area contributed by atoms with Crippen LogP contribution in [0.4, 0.5) is 17.6 Å². The molecule has 24 heavy (non-hydrogen) atoms. The van der Waals surface area contributed by atoms with E-state index >= 15 is 0 Å². The Morgan fingerprint density at radius 1 is 1.17 bits per heavy atom. The monoisotopic (exact) mass is 364 g/mol. The standard InChI is InChI=1S/C14H12F4N2O3S/c1-23-11-4-2-9(3-5-11)13(14(16,17)18)20-24(21,22)12-6-10(15)7-19-8-12/h2-8,13,20H,1H3/t13-/m1/s1. The molecule has 10 heteroatoms. The fourth-order valence-electron chi connectivity index (χ4n) is 1.88. The number of hydrogen-bond acceptors (Lipinski definition) is 4. The lowest BCUT2D eigenvalue weighted by atomic mass is 10.1. The summed E-state index contributed by atoms with van der Waals surface area (Å²) in [5.41, 5.74) is -0.337. The SMILES string of the molecule is COc1ccc([C@@H](NS(=O)(=O)c2cncc(F)c2)C(F)(F)F)cc1. The third-order valence-corrected chi connectivity index (χ3v) is 4.43. The minimum absolute atomic E-state index is 0.317. The summed E-state index contributed by atoms with van der Waals surface area (Å²) in [5, 5.41) is 0. The molecular weight excluding hydrogens is 352 g/mol. The van der Waals surface area contributed by atoms with E-state index in [1.165, 1.54) is 24.0 Å². The van der Waals surface area contributed by atoms with Gasteiger partial charge in [0.2, 0.25) is 10.0 Å². The molecule has 1 aromatic carbocycles. The van der Waals surface area contributed by atoms with Crippen molar-refractivity contribution in [3.8, 4) is 5.75 Å². The number of halogens is 4. The summed E-state index contributed by atoms with van der Waals surface area (Å²) in [6.07, 6.45) is -3.40. The number of alkyl halides is 3. The molecular formula is C14H12F4N2O3S. The maximum Gasteiger partial charge on any atom is 0.408 e. The zero-order valence-corrected chi connectivity index (χ0v) is 13.0. The number of methoxy groups -OCH3 is 1. The van der Waals surface area contributed by atoms with Crippen molar-refractivity contribution in [1.82, 2.24) is 9.71 Å². The van der Waals surface area contributed by atoms with Crippen molar-refractivity contribution in [2.75, 3.05) is 7.11 Å². The first-order valence-corrected chi connectivity index (χ1v) is 7.95. The van der Waals surface area contributed by atoms with Gasteiger partial charge in [0, 0.05) is 6.20 Å². The van der Waals surface area contributed by atoms with E-state index in [1.807, 2.05) is 0 Å². The van der Waals surface area contributed by atoms with Crippen molar-refractivity contribution in [3.63, 3.8) is 0 Å². The highest BCUT2D eigenvalue weighted by Crippen LogP contribution is 2.34. The van der Waals surface area contributed by atoms with E-state index in [1.54, 1.807) is 0 Å². The molecule has 0 aliphatic heterocycles. The van der Waals surface area contributed by atoms with E-state index in [4.69, 9.17) is 4.74 Å². The molecule has 1 atom stereocenters. The summed E-state index contributed by atoms with van der Waals surface area (Å²) in [5.74, 6) is -0.664. The quantitative estimate of drug-likeness (QED) is 0.829. The summed E-state index contributed by atoms with van der Waals surface area (Å²) in [6.45, 7) is 0. The van der Waals surface area contributed by atoms with E-state index in [9.17, 15) is 26.0 Å². The highest BCUT2D eigenvalue weighted by atomic mass is 32.2. The Balaban J connectivity index is 2.39. The lowest BCUT2D eigenvalue weighted by Gasteiger charge is -2.22. The fourth-order valence-corrected chi connectivity index (χ4v) is 3.07. The van der Waals surface area contributed by atoms with Gasteiger partial charge in [-0.2, -0.15) is 17.9 Å². The first kappa shape index (κ1) is 18.1. The largest absolute Gasteiger partial charge is 0.497 e. The third kappa shape index (κ3) is 4.20. The summed E-state index contributed by atoms with van der Waals surface area (Å²) < 4.78 is 83.5. The van der Waals surface area contributed by atoms with Crippen LogP contribution in [0.25, 0.3) is 0 Å².